The van der Waals surface area contributed by atoms with Gasteiger partial charge < -0.3 is 40.2 Å². The van der Waals surface area contributed by atoms with Crippen LogP contribution in [0.2, 0.25) is 0 Å². The predicted molar refractivity (Wildman–Crippen MR) is 214 cm³/mol. The lowest BCUT2D eigenvalue weighted by Gasteiger charge is -2.26. The van der Waals surface area contributed by atoms with Crippen LogP contribution in [0.1, 0.15) is 71.2 Å². The van der Waals surface area contributed by atoms with Gasteiger partial charge in [-0.2, -0.15) is 10.3 Å². The van der Waals surface area contributed by atoms with E-state index in [1.54, 1.807) is 48.5 Å². The molecule has 2 aliphatic carbocycles. The number of aromatic amines is 1. The average molecular weight is 805 g/mol. The summed E-state index contributed by atoms with van der Waals surface area (Å²) >= 11 is 0. The van der Waals surface area contributed by atoms with Gasteiger partial charge in [0.1, 0.15) is 23.7 Å². The summed E-state index contributed by atoms with van der Waals surface area (Å²) in [6.45, 7) is 0. The molecule has 3 heterocycles. The monoisotopic (exact) mass is 804 g/mol. The molecule has 7 aromatic rings. The standard InChI is InChI=1S/C21H22FN5O3.C20H16FN5O3/c22-17-10-13(6-8-18(17)30-14-3-1-2-4-14)25-21(28)16-11-29-19-9-12(5-7-15(16)19)20(26-23)27-24;21-16-9-12(5-7-17(16)29-13-2-1-3-13)22-20(27)15-10-28-18-8-11(4-6-14(15)18)19-23-25-26-24-19/h5-11,14H,1-4,23-24H2,(H,25,28)(H,26,27);4-10,13H,1-3H2,(H,22,27)(H,23,24,25,26). The molecule has 59 heavy (non-hydrogen) atoms. The van der Waals surface area contributed by atoms with Crippen molar-refractivity contribution in [3.63, 3.8) is 0 Å². The average Bonchev–Trinajstić information content (AvgIpc) is 4.06. The van der Waals surface area contributed by atoms with E-state index in [1.165, 1.54) is 36.8 Å². The molecule has 0 radical (unpaired) electrons. The molecular weight excluding hydrogens is 767 g/mol. The molecule has 0 aliphatic heterocycles. The van der Waals surface area contributed by atoms with Gasteiger partial charge in [0.15, 0.2) is 29.0 Å². The summed E-state index contributed by atoms with van der Waals surface area (Å²) in [5.41, 5.74) is 5.98. The Bertz CT molecular complexity index is 2650. The molecule has 0 saturated heterocycles. The molecule has 2 fully saturated rings. The lowest BCUT2D eigenvalue weighted by Crippen LogP contribution is -2.31. The molecule has 9 rings (SSSR count). The highest BCUT2D eigenvalue weighted by Gasteiger charge is 2.22. The number of tetrazole rings is 1. The Morgan fingerprint density at radius 1 is 0.746 bits per heavy atom. The number of benzene rings is 4. The number of fused-ring (bicyclic) bond motifs is 2. The number of anilines is 2. The maximum Gasteiger partial charge on any atom is 0.259 e. The highest BCUT2D eigenvalue weighted by Crippen LogP contribution is 2.31. The Labute approximate surface area is 334 Å². The number of H-pyrrole nitrogens is 1. The van der Waals surface area contributed by atoms with Crippen LogP contribution >= 0.6 is 0 Å². The maximum absolute atomic E-state index is 14.4. The summed E-state index contributed by atoms with van der Waals surface area (Å²) in [5.74, 6) is 9.92. The number of nitrogens with zero attached hydrogens (tertiary/aromatic N) is 4. The van der Waals surface area contributed by atoms with Crippen LogP contribution in [0.4, 0.5) is 20.2 Å². The van der Waals surface area contributed by atoms with E-state index < -0.39 is 23.4 Å². The number of halogens is 2. The Morgan fingerprint density at radius 3 is 1.80 bits per heavy atom. The van der Waals surface area contributed by atoms with E-state index in [9.17, 15) is 18.4 Å². The number of amidine groups is 1. The Kier molecular flexibility index (Phi) is 11.1. The molecule has 302 valence electrons. The molecule has 0 unspecified atom stereocenters. The Morgan fingerprint density at radius 2 is 1.31 bits per heavy atom. The minimum atomic E-state index is -0.510. The fourth-order valence-corrected chi connectivity index (χ4v) is 6.77. The van der Waals surface area contributed by atoms with Crippen molar-refractivity contribution in [2.75, 3.05) is 10.6 Å². The highest BCUT2D eigenvalue weighted by atomic mass is 19.1. The quantitative estimate of drug-likeness (QED) is 0.0350. The van der Waals surface area contributed by atoms with Crippen LogP contribution in [0.3, 0.4) is 0 Å². The van der Waals surface area contributed by atoms with Gasteiger partial charge in [-0.25, -0.2) is 14.6 Å². The topological polar surface area (TPSA) is 234 Å². The van der Waals surface area contributed by atoms with Gasteiger partial charge in [0.05, 0.1) is 23.3 Å². The zero-order valence-corrected chi connectivity index (χ0v) is 31.3. The number of nitrogens with one attached hydrogen (secondary N) is 4. The van der Waals surface area contributed by atoms with E-state index in [4.69, 9.17) is 30.0 Å². The third-order valence-corrected chi connectivity index (χ3v) is 10.1. The normalized spacial score (nSPS) is 14.4. The van der Waals surface area contributed by atoms with Gasteiger partial charge in [-0.3, -0.25) is 9.59 Å². The first-order valence-corrected chi connectivity index (χ1v) is 18.8. The van der Waals surface area contributed by atoms with Gasteiger partial charge in [0.2, 0.25) is 5.82 Å². The van der Waals surface area contributed by atoms with Crippen molar-refractivity contribution < 1.29 is 36.7 Å². The first-order chi connectivity index (χ1) is 28.8. The fourth-order valence-electron chi connectivity index (χ4n) is 6.77. The van der Waals surface area contributed by atoms with Crippen molar-refractivity contribution in [2.24, 2.45) is 16.8 Å². The van der Waals surface area contributed by atoms with Crippen molar-refractivity contribution in [1.82, 2.24) is 26.0 Å². The van der Waals surface area contributed by atoms with Gasteiger partial charge in [0.25, 0.3) is 11.8 Å². The largest absolute Gasteiger partial charge is 0.487 e. The van der Waals surface area contributed by atoms with Gasteiger partial charge in [-0.15, -0.1) is 10.2 Å². The molecule has 0 spiro atoms. The van der Waals surface area contributed by atoms with Crippen LogP contribution in [-0.2, 0) is 0 Å². The number of nitrogens with two attached hydrogens (primary N) is 2. The Balaban J connectivity index is 0.000000164. The molecule has 8 N–H and O–H groups in total. The number of amides is 2. The molecule has 2 saturated carbocycles. The summed E-state index contributed by atoms with van der Waals surface area (Å²) in [7, 11) is 0. The van der Waals surface area contributed by atoms with E-state index >= 15 is 0 Å². The van der Waals surface area contributed by atoms with Crippen molar-refractivity contribution >= 4 is 51.0 Å². The number of carbonyl (C=O) groups is 2. The summed E-state index contributed by atoms with van der Waals surface area (Å²) in [5, 5.41) is 23.9. The highest BCUT2D eigenvalue weighted by molar-refractivity contribution is 6.14. The minimum Gasteiger partial charge on any atom is -0.487 e. The number of hydrazone groups is 1. The van der Waals surface area contributed by atoms with Gasteiger partial charge in [-0.05, 0) is 98.7 Å². The number of hydrazine groups is 1. The third-order valence-electron chi connectivity index (χ3n) is 10.1. The van der Waals surface area contributed by atoms with Crippen LogP contribution < -0.4 is 37.2 Å². The van der Waals surface area contributed by atoms with Crippen LogP contribution in [0, 0.1) is 11.6 Å². The number of carbonyl (C=O) groups excluding carboxylic acids is 2. The van der Waals surface area contributed by atoms with Gasteiger partial charge in [-0.1, -0.05) is 12.1 Å². The van der Waals surface area contributed by atoms with Crippen molar-refractivity contribution in [3.05, 3.63) is 114 Å². The minimum absolute atomic E-state index is 0.0569. The molecule has 0 atom stereocenters. The summed E-state index contributed by atoms with van der Waals surface area (Å²) in [6, 6.07) is 19.1. The first kappa shape index (κ1) is 38.5. The predicted octanol–water partition coefficient (Wildman–Crippen LogP) is 7.16. The fraction of sp³-hybridized carbons (Fsp3) is 0.220. The third kappa shape index (κ3) is 8.52. The number of aromatic nitrogens is 4. The van der Waals surface area contributed by atoms with E-state index in [0.717, 1.165) is 44.9 Å². The molecule has 3 aromatic heterocycles. The van der Waals surface area contributed by atoms with Crippen molar-refractivity contribution in [2.45, 2.75) is 57.2 Å². The smallest absolute Gasteiger partial charge is 0.259 e. The van der Waals surface area contributed by atoms with Crippen molar-refractivity contribution in [3.8, 4) is 22.9 Å². The molecule has 16 nitrogen and oxygen atoms in total. The number of rotatable bonds is 10. The number of furan rings is 2. The van der Waals surface area contributed by atoms with Gasteiger partial charge in [0, 0.05) is 45.4 Å². The SMILES string of the molecule is N/N=C(\NN)c1ccc2c(C(=O)Nc3ccc(OC4CCCC4)c(F)c3)coc2c1.O=C(Nc1ccc(OC2CCC2)c(F)c1)c1coc2cc(-c3nn[nH]n3)ccc12. The molecular formula is C41H38F2N10O6. The Hall–Kier alpha value is -7.34. The summed E-state index contributed by atoms with van der Waals surface area (Å²) in [6.07, 6.45) is 9.92. The van der Waals surface area contributed by atoms with Crippen LogP contribution in [0.15, 0.2) is 99.3 Å². The van der Waals surface area contributed by atoms with E-state index in [0.29, 0.717) is 61.4 Å². The number of ether oxygens (including phenoxy) is 2. The van der Waals surface area contributed by atoms with Crippen LogP contribution in [0.5, 0.6) is 11.5 Å². The molecule has 4 aromatic carbocycles. The lowest BCUT2D eigenvalue weighted by molar-refractivity contribution is 0.101. The van der Waals surface area contributed by atoms with E-state index in [2.05, 4.69) is 41.8 Å². The molecule has 2 amide bonds. The molecule has 2 aliphatic rings. The molecule has 0 bridgehead atoms. The number of hydrogen-bond donors (Lipinski definition) is 6. The van der Waals surface area contributed by atoms with E-state index in [1.807, 2.05) is 0 Å². The summed E-state index contributed by atoms with van der Waals surface area (Å²) in [4.78, 5) is 25.4. The van der Waals surface area contributed by atoms with Gasteiger partial charge >= 0.3 is 0 Å². The van der Waals surface area contributed by atoms with Crippen LogP contribution in [-0.4, -0.2) is 50.5 Å². The second-order valence-electron chi connectivity index (χ2n) is 14.0. The van der Waals surface area contributed by atoms with Crippen molar-refractivity contribution in [1.29, 1.82) is 0 Å². The zero-order valence-electron chi connectivity index (χ0n) is 31.3. The first-order valence-electron chi connectivity index (χ1n) is 18.8. The van der Waals surface area contributed by atoms with Crippen LogP contribution in [0.25, 0.3) is 33.3 Å². The zero-order chi connectivity index (χ0) is 40.9. The summed E-state index contributed by atoms with van der Waals surface area (Å²) < 4.78 is 51.0. The number of hydrogen-bond acceptors (Lipinski definition) is 12. The second kappa shape index (κ2) is 17.0. The lowest BCUT2D eigenvalue weighted by atomic mass is 9.96. The molecule has 18 heteroatoms. The second-order valence-corrected chi connectivity index (χ2v) is 14.0. The van der Waals surface area contributed by atoms with E-state index in [-0.39, 0.29) is 29.5 Å². The maximum atomic E-state index is 14.4.